The summed E-state index contributed by atoms with van der Waals surface area (Å²) in [6.07, 6.45) is 1.19. The fraction of sp³-hybridized carbons (Fsp3) is 0.444. The molecule has 0 spiro atoms. The number of hydrogen-bond donors (Lipinski definition) is 2. The number of β-amino-alcohol motifs (C(OH)–C–C–N with tert-alkyl or cyclic N) is 1. The molecule has 3 rings (SSSR count). The molecule has 1 fully saturated rings. The Hall–Kier alpha value is -2.34. The summed E-state index contributed by atoms with van der Waals surface area (Å²) in [6, 6.07) is 7.38. The molecule has 6 heteroatoms. The minimum atomic E-state index is -0.416. The third-order valence-corrected chi connectivity index (χ3v) is 4.31. The Labute approximate surface area is 141 Å². The molecule has 0 saturated carbocycles. The lowest BCUT2D eigenvalue weighted by molar-refractivity contribution is 0.0474. The summed E-state index contributed by atoms with van der Waals surface area (Å²) in [4.78, 5) is 18.6. The first-order chi connectivity index (χ1) is 11.5. The van der Waals surface area contributed by atoms with Crippen molar-refractivity contribution in [3.8, 4) is 0 Å². The van der Waals surface area contributed by atoms with Gasteiger partial charge in [0, 0.05) is 24.3 Å². The smallest absolute Gasteiger partial charge is 0.254 e. The van der Waals surface area contributed by atoms with Gasteiger partial charge in [-0.2, -0.15) is 0 Å². The highest BCUT2D eigenvalue weighted by atomic mass is 16.4. The second kappa shape index (κ2) is 7.05. The van der Waals surface area contributed by atoms with E-state index in [9.17, 15) is 9.90 Å². The molecule has 2 heterocycles. The Morgan fingerprint density at radius 1 is 1.46 bits per heavy atom. The highest BCUT2D eigenvalue weighted by Crippen LogP contribution is 2.17. The Morgan fingerprint density at radius 2 is 2.29 bits per heavy atom. The molecule has 2 aromatic rings. The van der Waals surface area contributed by atoms with E-state index in [2.05, 4.69) is 10.3 Å². The van der Waals surface area contributed by atoms with Gasteiger partial charge in [0.15, 0.2) is 0 Å². The Balaban J connectivity index is 1.66. The minimum Gasteiger partial charge on any atom is -0.444 e. The molecule has 0 bridgehead atoms. The van der Waals surface area contributed by atoms with Gasteiger partial charge in [0.2, 0.25) is 5.89 Å². The van der Waals surface area contributed by atoms with E-state index in [4.69, 9.17) is 4.42 Å². The van der Waals surface area contributed by atoms with Gasteiger partial charge in [-0.05, 0) is 44.9 Å². The largest absolute Gasteiger partial charge is 0.444 e. The van der Waals surface area contributed by atoms with Crippen molar-refractivity contribution >= 4 is 11.6 Å². The summed E-state index contributed by atoms with van der Waals surface area (Å²) in [5.41, 5.74) is 2.35. The van der Waals surface area contributed by atoms with Gasteiger partial charge in [0.05, 0.1) is 18.3 Å². The summed E-state index contributed by atoms with van der Waals surface area (Å²) in [5, 5.41) is 13.0. The number of amides is 1. The van der Waals surface area contributed by atoms with Gasteiger partial charge in [-0.25, -0.2) is 4.98 Å². The Morgan fingerprint density at radius 3 is 3.00 bits per heavy atom. The molecular weight excluding hydrogens is 306 g/mol. The lowest BCUT2D eigenvalue weighted by Gasteiger charge is -2.30. The van der Waals surface area contributed by atoms with Crippen LogP contribution in [0.2, 0.25) is 0 Å². The van der Waals surface area contributed by atoms with Crippen LogP contribution in [0.1, 0.15) is 40.5 Å². The van der Waals surface area contributed by atoms with Crippen molar-refractivity contribution in [2.24, 2.45) is 0 Å². The molecule has 1 unspecified atom stereocenters. The predicted octanol–water partition coefficient (Wildman–Crippen LogP) is 2.50. The number of benzene rings is 1. The van der Waals surface area contributed by atoms with E-state index in [-0.39, 0.29) is 5.91 Å². The number of anilines is 1. The summed E-state index contributed by atoms with van der Waals surface area (Å²) in [6.45, 7) is 5.37. The number of nitrogens with one attached hydrogen (secondary N) is 1. The number of nitrogens with zero attached hydrogens (tertiary/aromatic N) is 2. The standard InChI is InChI=1S/C18H23N3O3/c1-12-13(2)24-17(20-12)10-19-15-6-3-5-14(9-15)18(23)21-8-4-7-16(22)11-21/h3,5-6,9,16,19,22H,4,7-8,10-11H2,1-2H3. The van der Waals surface area contributed by atoms with Crippen molar-refractivity contribution in [1.29, 1.82) is 0 Å². The summed E-state index contributed by atoms with van der Waals surface area (Å²) >= 11 is 0. The monoisotopic (exact) mass is 329 g/mol. The molecule has 6 nitrogen and oxygen atoms in total. The first-order valence-corrected chi connectivity index (χ1v) is 8.27. The molecule has 0 radical (unpaired) electrons. The molecule has 1 aromatic heterocycles. The highest BCUT2D eigenvalue weighted by Gasteiger charge is 2.23. The maximum Gasteiger partial charge on any atom is 0.254 e. The molecule has 0 aliphatic carbocycles. The zero-order valence-electron chi connectivity index (χ0n) is 14.1. The zero-order valence-corrected chi connectivity index (χ0v) is 14.1. The van der Waals surface area contributed by atoms with Crippen molar-refractivity contribution in [2.75, 3.05) is 18.4 Å². The third kappa shape index (κ3) is 3.76. The second-order valence-electron chi connectivity index (χ2n) is 6.23. The number of hydrogen-bond acceptors (Lipinski definition) is 5. The average Bonchev–Trinajstić information content (AvgIpc) is 2.91. The number of carbonyl (C=O) groups is 1. The number of piperidine rings is 1. The van der Waals surface area contributed by atoms with Gasteiger partial charge < -0.3 is 19.7 Å². The maximum absolute atomic E-state index is 12.6. The van der Waals surface area contributed by atoms with Crippen LogP contribution in [0.5, 0.6) is 0 Å². The molecule has 2 N–H and O–H groups in total. The van der Waals surface area contributed by atoms with Crippen molar-refractivity contribution < 1.29 is 14.3 Å². The Bertz CT molecular complexity index is 707. The maximum atomic E-state index is 12.6. The van der Waals surface area contributed by atoms with Crippen LogP contribution in [0, 0.1) is 13.8 Å². The number of aromatic nitrogens is 1. The quantitative estimate of drug-likeness (QED) is 0.901. The van der Waals surface area contributed by atoms with Crippen LogP contribution in [-0.4, -0.2) is 40.1 Å². The van der Waals surface area contributed by atoms with E-state index < -0.39 is 6.10 Å². The van der Waals surface area contributed by atoms with Gasteiger partial charge in [0.1, 0.15) is 5.76 Å². The predicted molar refractivity (Wildman–Crippen MR) is 90.9 cm³/mol. The third-order valence-electron chi connectivity index (χ3n) is 4.31. The van der Waals surface area contributed by atoms with E-state index >= 15 is 0 Å². The number of aliphatic hydroxyl groups excluding tert-OH is 1. The van der Waals surface area contributed by atoms with E-state index in [0.29, 0.717) is 31.1 Å². The van der Waals surface area contributed by atoms with Crippen LogP contribution in [-0.2, 0) is 6.54 Å². The lowest BCUT2D eigenvalue weighted by atomic mass is 10.1. The SMILES string of the molecule is Cc1nc(CNc2cccc(C(=O)N3CCCC(O)C3)c2)oc1C. The molecule has 1 amide bonds. The summed E-state index contributed by atoms with van der Waals surface area (Å²) in [5.74, 6) is 1.40. The number of aliphatic hydroxyl groups is 1. The van der Waals surface area contributed by atoms with Crippen LogP contribution in [0.4, 0.5) is 5.69 Å². The van der Waals surface area contributed by atoms with Crippen molar-refractivity contribution in [3.63, 3.8) is 0 Å². The lowest BCUT2D eigenvalue weighted by Crippen LogP contribution is -2.42. The molecular formula is C18H23N3O3. The number of likely N-dealkylation sites (tertiary alicyclic amines) is 1. The molecule has 1 aliphatic heterocycles. The zero-order chi connectivity index (χ0) is 17.1. The molecule has 1 aromatic carbocycles. The molecule has 1 atom stereocenters. The number of aryl methyl sites for hydroxylation is 2. The average molecular weight is 329 g/mol. The number of oxazole rings is 1. The van der Waals surface area contributed by atoms with E-state index in [1.54, 1.807) is 11.0 Å². The van der Waals surface area contributed by atoms with Crippen molar-refractivity contribution in [2.45, 2.75) is 39.3 Å². The highest BCUT2D eigenvalue weighted by molar-refractivity contribution is 5.95. The summed E-state index contributed by atoms with van der Waals surface area (Å²) < 4.78 is 5.54. The Kier molecular flexibility index (Phi) is 4.85. The van der Waals surface area contributed by atoms with E-state index in [1.165, 1.54) is 0 Å². The van der Waals surface area contributed by atoms with Crippen molar-refractivity contribution in [3.05, 3.63) is 47.2 Å². The van der Waals surface area contributed by atoms with Crippen LogP contribution in [0.15, 0.2) is 28.7 Å². The van der Waals surface area contributed by atoms with E-state index in [1.807, 2.05) is 32.0 Å². The molecule has 128 valence electrons. The van der Waals surface area contributed by atoms with Gasteiger partial charge in [0.25, 0.3) is 5.91 Å². The van der Waals surface area contributed by atoms with Gasteiger partial charge in [-0.1, -0.05) is 6.07 Å². The minimum absolute atomic E-state index is 0.0415. The molecule has 1 aliphatic rings. The fourth-order valence-corrected chi connectivity index (χ4v) is 2.88. The molecule has 24 heavy (non-hydrogen) atoms. The first-order valence-electron chi connectivity index (χ1n) is 8.27. The number of rotatable bonds is 4. The van der Waals surface area contributed by atoms with Crippen molar-refractivity contribution in [1.82, 2.24) is 9.88 Å². The van der Waals surface area contributed by atoms with Gasteiger partial charge in [-0.3, -0.25) is 4.79 Å². The van der Waals surface area contributed by atoms with Gasteiger partial charge in [-0.15, -0.1) is 0 Å². The van der Waals surface area contributed by atoms with Crippen LogP contribution in [0.25, 0.3) is 0 Å². The topological polar surface area (TPSA) is 78.6 Å². The van der Waals surface area contributed by atoms with Crippen LogP contribution >= 0.6 is 0 Å². The van der Waals surface area contributed by atoms with E-state index in [0.717, 1.165) is 30.0 Å². The van der Waals surface area contributed by atoms with Crippen LogP contribution in [0.3, 0.4) is 0 Å². The number of carbonyl (C=O) groups excluding carboxylic acids is 1. The first kappa shape index (κ1) is 16.5. The normalized spacial score (nSPS) is 17.8. The summed E-state index contributed by atoms with van der Waals surface area (Å²) in [7, 11) is 0. The van der Waals surface area contributed by atoms with Gasteiger partial charge >= 0.3 is 0 Å². The fourth-order valence-electron chi connectivity index (χ4n) is 2.88. The second-order valence-corrected chi connectivity index (χ2v) is 6.23. The molecule has 1 saturated heterocycles. The van der Waals surface area contributed by atoms with Crippen LogP contribution < -0.4 is 5.32 Å².